The summed E-state index contributed by atoms with van der Waals surface area (Å²) in [5.74, 6) is 0.433. The number of carbonyl (C=O) groups is 1. The van der Waals surface area contributed by atoms with Crippen molar-refractivity contribution in [2.75, 3.05) is 0 Å². The predicted molar refractivity (Wildman–Crippen MR) is 91.4 cm³/mol. The van der Waals surface area contributed by atoms with Crippen LogP contribution in [-0.4, -0.2) is 19.8 Å². The second kappa shape index (κ2) is 6.82. The fourth-order valence-corrected chi connectivity index (χ4v) is 3.53. The van der Waals surface area contributed by atoms with E-state index in [9.17, 15) is 13.2 Å². The van der Waals surface area contributed by atoms with E-state index in [1.54, 1.807) is 24.3 Å². The molecule has 0 radical (unpaired) electrons. The van der Waals surface area contributed by atoms with Gasteiger partial charge in [-0.15, -0.1) is 0 Å². The first-order valence-electron chi connectivity index (χ1n) is 7.37. The monoisotopic (exact) mass is 357 g/mol. The molecular weight excluding hydrogens is 342 g/mol. The van der Waals surface area contributed by atoms with Crippen molar-refractivity contribution < 1.29 is 22.7 Å². The van der Waals surface area contributed by atoms with E-state index in [1.165, 1.54) is 24.3 Å². The zero-order chi connectivity index (χ0) is 17.9. The van der Waals surface area contributed by atoms with Crippen LogP contribution in [0.4, 0.5) is 0 Å². The van der Waals surface area contributed by atoms with Crippen LogP contribution in [0.3, 0.4) is 0 Å². The van der Waals surface area contributed by atoms with Crippen molar-refractivity contribution in [2.45, 2.75) is 10.3 Å². The summed E-state index contributed by atoms with van der Waals surface area (Å²) < 4.78 is 36.0. The lowest BCUT2D eigenvalue weighted by Crippen LogP contribution is -2.25. The van der Waals surface area contributed by atoms with Crippen molar-refractivity contribution in [2.24, 2.45) is 5.73 Å². The number of hydrogen-bond acceptors (Lipinski definition) is 5. The Morgan fingerprint density at radius 1 is 1.00 bits per heavy atom. The van der Waals surface area contributed by atoms with E-state index in [2.05, 4.69) is 0 Å². The molecule has 1 amide bonds. The predicted octanol–water partition coefficient (Wildman–Crippen LogP) is 2.53. The molecule has 0 spiro atoms. The van der Waals surface area contributed by atoms with E-state index >= 15 is 0 Å². The van der Waals surface area contributed by atoms with Crippen LogP contribution in [0.5, 0.6) is 11.5 Å². The molecule has 2 N–H and O–H groups in total. The molecule has 1 atom stereocenters. The van der Waals surface area contributed by atoms with Gasteiger partial charge in [0, 0.05) is 5.57 Å². The standard InChI is InChI=1S/C18H15NO5S/c19-18(20)13-10-11-23-17(12-13)25(21,22)16-8-6-15(7-9-16)24-14-4-2-1-3-5-14/h1-12,17H,(H2,19,20). The summed E-state index contributed by atoms with van der Waals surface area (Å²) in [5, 5.41) is 0. The minimum atomic E-state index is -3.83. The number of nitrogens with two attached hydrogens (primary N) is 1. The topological polar surface area (TPSA) is 95.7 Å². The summed E-state index contributed by atoms with van der Waals surface area (Å²) in [7, 11) is -3.83. The second-order valence-electron chi connectivity index (χ2n) is 5.23. The van der Waals surface area contributed by atoms with E-state index in [-0.39, 0.29) is 10.5 Å². The molecule has 1 aliphatic rings. The Morgan fingerprint density at radius 3 is 2.28 bits per heavy atom. The van der Waals surface area contributed by atoms with Crippen LogP contribution in [0.1, 0.15) is 0 Å². The molecular formula is C18H15NO5S. The molecule has 25 heavy (non-hydrogen) atoms. The van der Waals surface area contributed by atoms with Crippen LogP contribution >= 0.6 is 0 Å². The zero-order valence-corrected chi connectivity index (χ0v) is 13.8. The van der Waals surface area contributed by atoms with Gasteiger partial charge in [-0.1, -0.05) is 18.2 Å². The van der Waals surface area contributed by atoms with Crippen molar-refractivity contribution >= 4 is 15.7 Å². The minimum Gasteiger partial charge on any atom is -0.478 e. The molecule has 7 heteroatoms. The smallest absolute Gasteiger partial charge is 0.248 e. The Bertz CT molecular complexity index is 931. The fourth-order valence-electron chi connectivity index (χ4n) is 2.21. The van der Waals surface area contributed by atoms with E-state index in [4.69, 9.17) is 15.2 Å². The van der Waals surface area contributed by atoms with E-state index in [0.29, 0.717) is 11.5 Å². The zero-order valence-electron chi connectivity index (χ0n) is 13.0. The average molecular weight is 357 g/mol. The van der Waals surface area contributed by atoms with Gasteiger partial charge in [-0.05, 0) is 48.6 Å². The largest absolute Gasteiger partial charge is 0.478 e. The number of ether oxygens (including phenoxy) is 2. The molecule has 2 aromatic rings. The lowest BCUT2D eigenvalue weighted by atomic mass is 10.2. The van der Waals surface area contributed by atoms with Gasteiger partial charge < -0.3 is 15.2 Å². The van der Waals surface area contributed by atoms with Crippen molar-refractivity contribution in [1.29, 1.82) is 0 Å². The highest BCUT2D eigenvalue weighted by atomic mass is 32.2. The van der Waals surface area contributed by atoms with Gasteiger partial charge in [-0.3, -0.25) is 4.79 Å². The van der Waals surface area contributed by atoms with Gasteiger partial charge >= 0.3 is 0 Å². The number of primary amides is 1. The van der Waals surface area contributed by atoms with Crippen molar-refractivity contribution in [3.63, 3.8) is 0 Å². The molecule has 3 rings (SSSR count). The highest BCUT2D eigenvalue weighted by Crippen LogP contribution is 2.26. The number of sulfone groups is 1. The van der Waals surface area contributed by atoms with E-state index in [0.717, 1.165) is 6.26 Å². The van der Waals surface area contributed by atoms with Gasteiger partial charge in [0.1, 0.15) is 11.5 Å². The minimum absolute atomic E-state index is 0.0493. The Morgan fingerprint density at radius 2 is 1.64 bits per heavy atom. The Balaban J connectivity index is 1.81. The van der Waals surface area contributed by atoms with Crippen LogP contribution in [0.15, 0.2) is 83.5 Å². The molecule has 0 saturated heterocycles. The lowest BCUT2D eigenvalue weighted by molar-refractivity contribution is -0.114. The average Bonchev–Trinajstić information content (AvgIpc) is 2.63. The SMILES string of the molecule is NC(=O)C1=CC(S(=O)(=O)c2ccc(Oc3ccccc3)cc2)OC=C1. The molecule has 1 aliphatic heterocycles. The number of benzene rings is 2. The summed E-state index contributed by atoms with van der Waals surface area (Å²) in [5.41, 5.74) is 3.96. The normalized spacial score (nSPS) is 16.6. The summed E-state index contributed by atoms with van der Waals surface area (Å²) in [6.45, 7) is 0. The van der Waals surface area contributed by atoms with Gasteiger partial charge in [-0.2, -0.15) is 0 Å². The fraction of sp³-hybridized carbons (Fsp3) is 0.0556. The van der Waals surface area contributed by atoms with Gasteiger partial charge in [0.05, 0.1) is 11.2 Å². The van der Waals surface area contributed by atoms with Crippen LogP contribution in [0, 0.1) is 0 Å². The third-order valence-corrected chi connectivity index (χ3v) is 5.29. The highest BCUT2D eigenvalue weighted by molar-refractivity contribution is 7.92. The first-order valence-corrected chi connectivity index (χ1v) is 8.92. The summed E-state index contributed by atoms with van der Waals surface area (Å²) in [6, 6.07) is 15.1. The molecule has 128 valence electrons. The molecule has 2 aromatic carbocycles. The number of hydrogen-bond donors (Lipinski definition) is 1. The van der Waals surface area contributed by atoms with E-state index < -0.39 is 21.2 Å². The first kappa shape index (κ1) is 16.8. The molecule has 0 aliphatic carbocycles. The summed E-state index contributed by atoms with van der Waals surface area (Å²) >= 11 is 0. The third kappa shape index (κ3) is 3.72. The van der Waals surface area contributed by atoms with Crippen molar-refractivity contribution in [3.8, 4) is 11.5 Å². The summed E-state index contributed by atoms with van der Waals surface area (Å²) in [4.78, 5) is 11.3. The number of carbonyl (C=O) groups excluding carboxylic acids is 1. The molecule has 0 aromatic heterocycles. The number of amides is 1. The third-order valence-electron chi connectivity index (χ3n) is 3.50. The van der Waals surface area contributed by atoms with Gasteiger partial charge in [0.15, 0.2) is 0 Å². The van der Waals surface area contributed by atoms with Crippen LogP contribution in [-0.2, 0) is 19.4 Å². The maximum atomic E-state index is 12.6. The number of rotatable bonds is 5. The van der Waals surface area contributed by atoms with Crippen LogP contribution in [0.25, 0.3) is 0 Å². The molecule has 0 bridgehead atoms. The second-order valence-corrected chi connectivity index (χ2v) is 7.25. The lowest BCUT2D eigenvalue weighted by Gasteiger charge is -2.18. The first-order chi connectivity index (χ1) is 12.0. The van der Waals surface area contributed by atoms with Crippen LogP contribution in [0.2, 0.25) is 0 Å². The molecule has 1 unspecified atom stereocenters. The van der Waals surface area contributed by atoms with Crippen molar-refractivity contribution in [3.05, 3.63) is 78.6 Å². The molecule has 0 saturated carbocycles. The molecule has 0 fully saturated rings. The Labute approximate surface area is 145 Å². The Kier molecular flexibility index (Phi) is 4.58. The maximum Gasteiger partial charge on any atom is 0.248 e. The summed E-state index contributed by atoms with van der Waals surface area (Å²) in [6.07, 6.45) is 3.66. The van der Waals surface area contributed by atoms with Gasteiger partial charge in [-0.25, -0.2) is 8.42 Å². The quantitative estimate of drug-likeness (QED) is 0.887. The van der Waals surface area contributed by atoms with Crippen LogP contribution < -0.4 is 10.5 Å². The maximum absolute atomic E-state index is 12.6. The molecule has 6 nitrogen and oxygen atoms in total. The highest BCUT2D eigenvalue weighted by Gasteiger charge is 2.29. The molecule has 1 heterocycles. The van der Waals surface area contributed by atoms with Gasteiger partial charge in [0.2, 0.25) is 21.2 Å². The van der Waals surface area contributed by atoms with Gasteiger partial charge in [0.25, 0.3) is 0 Å². The van der Waals surface area contributed by atoms with E-state index in [1.807, 2.05) is 18.2 Å². The Hall–Kier alpha value is -3.06. The number of para-hydroxylation sites is 1. The van der Waals surface area contributed by atoms with Crippen molar-refractivity contribution in [1.82, 2.24) is 0 Å².